The lowest BCUT2D eigenvalue weighted by molar-refractivity contribution is -0.127. The van der Waals surface area contributed by atoms with E-state index in [0.29, 0.717) is 24.4 Å². The molecule has 7 nitrogen and oxygen atoms in total. The SMILES string of the molecule is CN1CCC(NS(=O)(=O)CCOc2ccccc2N)C1=O. The fourth-order valence-corrected chi connectivity index (χ4v) is 3.15. The highest BCUT2D eigenvalue weighted by Crippen LogP contribution is 2.19. The Hall–Kier alpha value is -1.80. The number of hydrogen-bond donors (Lipinski definition) is 2. The first-order chi connectivity index (χ1) is 9.89. The van der Waals surface area contributed by atoms with Crippen molar-refractivity contribution in [3.8, 4) is 5.75 Å². The summed E-state index contributed by atoms with van der Waals surface area (Å²) in [4.78, 5) is 13.2. The molecule has 1 aliphatic rings. The summed E-state index contributed by atoms with van der Waals surface area (Å²) in [6, 6.07) is 6.20. The summed E-state index contributed by atoms with van der Waals surface area (Å²) in [5, 5.41) is 0. The Morgan fingerprint density at radius 3 is 2.76 bits per heavy atom. The second kappa shape index (κ2) is 6.31. The number of carbonyl (C=O) groups is 1. The van der Waals surface area contributed by atoms with Crippen molar-refractivity contribution in [2.45, 2.75) is 12.5 Å². The van der Waals surface area contributed by atoms with Gasteiger partial charge in [-0.2, -0.15) is 0 Å². The number of sulfonamides is 1. The molecule has 21 heavy (non-hydrogen) atoms. The van der Waals surface area contributed by atoms with Crippen molar-refractivity contribution in [1.29, 1.82) is 0 Å². The Morgan fingerprint density at radius 1 is 1.43 bits per heavy atom. The number of likely N-dealkylation sites (tertiary alicyclic amines) is 1. The third-order valence-corrected chi connectivity index (χ3v) is 4.63. The highest BCUT2D eigenvalue weighted by Gasteiger charge is 2.32. The number of hydrogen-bond acceptors (Lipinski definition) is 5. The molecule has 0 aliphatic carbocycles. The molecule has 0 spiro atoms. The molecular weight excluding hydrogens is 294 g/mol. The predicted molar refractivity (Wildman–Crippen MR) is 79.3 cm³/mol. The average molecular weight is 313 g/mol. The number of nitrogens with one attached hydrogen (secondary N) is 1. The molecule has 1 amide bonds. The minimum absolute atomic E-state index is 0.0275. The molecule has 116 valence electrons. The molecule has 1 unspecified atom stereocenters. The van der Waals surface area contributed by atoms with Gasteiger partial charge in [-0.05, 0) is 18.6 Å². The molecule has 1 aliphatic heterocycles. The minimum Gasteiger partial charge on any atom is -0.490 e. The quantitative estimate of drug-likeness (QED) is 0.708. The van der Waals surface area contributed by atoms with Crippen LogP contribution < -0.4 is 15.2 Å². The van der Waals surface area contributed by atoms with E-state index in [4.69, 9.17) is 10.5 Å². The lowest BCUT2D eigenvalue weighted by Crippen LogP contribution is -2.42. The molecule has 1 atom stereocenters. The average Bonchev–Trinajstić information content (AvgIpc) is 2.72. The van der Waals surface area contributed by atoms with Crippen molar-refractivity contribution in [2.75, 3.05) is 31.7 Å². The Morgan fingerprint density at radius 2 is 2.14 bits per heavy atom. The van der Waals surface area contributed by atoms with Gasteiger partial charge < -0.3 is 15.4 Å². The maximum Gasteiger partial charge on any atom is 0.240 e. The van der Waals surface area contributed by atoms with Crippen LogP contribution in [-0.4, -0.2) is 51.2 Å². The maximum atomic E-state index is 11.9. The molecular formula is C13H19N3O4S. The zero-order valence-electron chi connectivity index (χ0n) is 11.8. The van der Waals surface area contributed by atoms with Gasteiger partial charge >= 0.3 is 0 Å². The second-order valence-electron chi connectivity index (χ2n) is 4.92. The molecule has 0 radical (unpaired) electrons. The van der Waals surface area contributed by atoms with E-state index in [0.717, 1.165) is 0 Å². The Balaban J connectivity index is 1.85. The summed E-state index contributed by atoms with van der Waals surface area (Å²) in [5.74, 6) is 0.0191. The highest BCUT2D eigenvalue weighted by molar-refractivity contribution is 7.89. The van der Waals surface area contributed by atoms with Crippen molar-refractivity contribution >= 4 is 21.6 Å². The number of rotatable bonds is 6. The van der Waals surface area contributed by atoms with E-state index in [9.17, 15) is 13.2 Å². The number of likely N-dealkylation sites (N-methyl/N-ethyl adjacent to an activating group) is 1. The third-order valence-electron chi connectivity index (χ3n) is 3.28. The van der Waals surface area contributed by atoms with Gasteiger partial charge in [0.1, 0.15) is 18.4 Å². The number of amides is 1. The monoisotopic (exact) mass is 313 g/mol. The fourth-order valence-electron chi connectivity index (χ4n) is 2.08. The van der Waals surface area contributed by atoms with Gasteiger partial charge in [-0.1, -0.05) is 12.1 Å². The van der Waals surface area contributed by atoms with Gasteiger partial charge in [0.05, 0.1) is 11.4 Å². The summed E-state index contributed by atoms with van der Waals surface area (Å²) in [7, 11) is -1.92. The summed E-state index contributed by atoms with van der Waals surface area (Å²) < 4.78 is 31.6. The van der Waals surface area contributed by atoms with E-state index in [-0.39, 0.29) is 18.3 Å². The summed E-state index contributed by atoms with van der Waals surface area (Å²) in [6.07, 6.45) is 0.487. The zero-order valence-corrected chi connectivity index (χ0v) is 12.6. The van der Waals surface area contributed by atoms with E-state index in [1.54, 1.807) is 31.3 Å². The van der Waals surface area contributed by atoms with Crippen LogP contribution in [0.15, 0.2) is 24.3 Å². The molecule has 1 heterocycles. The zero-order chi connectivity index (χ0) is 15.5. The lowest BCUT2D eigenvalue weighted by atomic mass is 10.3. The van der Waals surface area contributed by atoms with Crippen LogP contribution in [0.5, 0.6) is 5.75 Å². The van der Waals surface area contributed by atoms with Gasteiger partial charge in [-0.15, -0.1) is 0 Å². The van der Waals surface area contributed by atoms with E-state index >= 15 is 0 Å². The molecule has 1 saturated heterocycles. The van der Waals surface area contributed by atoms with E-state index in [1.165, 1.54) is 4.90 Å². The van der Waals surface area contributed by atoms with E-state index in [2.05, 4.69) is 4.72 Å². The Bertz CT molecular complexity index is 618. The molecule has 1 fully saturated rings. The minimum atomic E-state index is -3.57. The molecule has 2 rings (SSSR count). The van der Waals surface area contributed by atoms with Crippen LogP contribution in [0.1, 0.15) is 6.42 Å². The van der Waals surface area contributed by atoms with Crippen LogP contribution in [0, 0.1) is 0 Å². The third kappa shape index (κ3) is 4.08. The molecule has 1 aromatic carbocycles. The number of ether oxygens (including phenoxy) is 1. The van der Waals surface area contributed by atoms with Crippen molar-refractivity contribution < 1.29 is 17.9 Å². The topological polar surface area (TPSA) is 102 Å². The van der Waals surface area contributed by atoms with Crippen molar-refractivity contribution in [2.24, 2.45) is 0 Å². The first-order valence-electron chi connectivity index (χ1n) is 6.61. The number of benzene rings is 1. The van der Waals surface area contributed by atoms with Crippen molar-refractivity contribution in [1.82, 2.24) is 9.62 Å². The van der Waals surface area contributed by atoms with Crippen molar-refractivity contribution in [3.05, 3.63) is 24.3 Å². The fraction of sp³-hybridized carbons (Fsp3) is 0.462. The van der Waals surface area contributed by atoms with Gasteiger partial charge in [-0.25, -0.2) is 13.1 Å². The van der Waals surface area contributed by atoms with E-state index < -0.39 is 16.1 Å². The van der Waals surface area contributed by atoms with Crippen LogP contribution in [0.25, 0.3) is 0 Å². The number of nitrogens with zero attached hydrogens (tertiary/aromatic N) is 1. The highest BCUT2D eigenvalue weighted by atomic mass is 32.2. The van der Waals surface area contributed by atoms with Crippen LogP contribution in [-0.2, 0) is 14.8 Å². The second-order valence-corrected chi connectivity index (χ2v) is 6.80. The Kier molecular flexibility index (Phi) is 4.69. The molecule has 3 N–H and O–H groups in total. The van der Waals surface area contributed by atoms with Crippen LogP contribution in [0.4, 0.5) is 5.69 Å². The smallest absolute Gasteiger partial charge is 0.240 e. The van der Waals surface area contributed by atoms with Gasteiger partial charge in [0.15, 0.2) is 0 Å². The number of carbonyl (C=O) groups excluding carboxylic acids is 1. The first-order valence-corrected chi connectivity index (χ1v) is 8.26. The van der Waals surface area contributed by atoms with Crippen LogP contribution in [0.2, 0.25) is 0 Å². The number of para-hydroxylation sites is 2. The molecule has 1 aromatic rings. The number of nitrogens with two attached hydrogens (primary N) is 1. The van der Waals surface area contributed by atoms with Gasteiger partial charge in [-0.3, -0.25) is 4.79 Å². The largest absolute Gasteiger partial charge is 0.490 e. The van der Waals surface area contributed by atoms with Crippen LogP contribution >= 0.6 is 0 Å². The molecule has 0 saturated carbocycles. The standard InChI is InChI=1S/C13H19N3O4S/c1-16-7-6-11(13(16)17)15-21(18,19)9-8-20-12-5-3-2-4-10(12)14/h2-5,11,15H,6-9,14H2,1H3. The summed E-state index contributed by atoms with van der Waals surface area (Å²) in [6.45, 7) is 0.531. The van der Waals surface area contributed by atoms with Crippen molar-refractivity contribution in [3.63, 3.8) is 0 Å². The van der Waals surface area contributed by atoms with Gasteiger partial charge in [0.25, 0.3) is 0 Å². The summed E-state index contributed by atoms with van der Waals surface area (Å²) in [5.41, 5.74) is 6.15. The Labute approximate surface area is 124 Å². The maximum absolute atomic E-state index is 11.9. The molecule has 0 aromatic heterocycles. The van der Waals surface area contributed by atoms with Gasteiger partial charge in [0, 0.05) is 13.6 Å². The summed E-state index contributed by atoms with van der Waals surface area (Å²) >= 11 is 0. The van der Waals surface area contributed by atoms with E-state index in [1.807, 2.05) is 0 Å². The normalized spacial score (nSPS) is 19.0. The first kappa shape index (κ1) is 15.6. The predicted octanol–water partition coefficient (Wildman–Crippen LogP) is -0.202. The number of nitrogen functional groups attached to an aromatic ring is 1. The molecule has 0 bridgehead atoms. The van der Waals surface area contributed by atoms with Crippen LogP contribution in [0.3, 0.4) is 0 Å². The van der Waals surface area contributed by atoms with Gasteiger partial charge in [0.2, 0.25) is 15.9 Å². The lowest BCUT2D eigenvalue weighted by Gasteiger charge is -2.13. The number of anilines is 1. The molecule has 8 heteroatoms.